The number of hydrogen-bond acceptors (Lipinski definition) is 2. The Bertz CT molecular complexity index is 388. The normalized spacial score (nSPS) is 21.1. The molecule has 1 aliphatic heterocycles. The number of carbonyl (C=O) groups excluding carboxylic acids is 1. The SMILES string of the molecule is O=CN1CCCC1c1ccc[nH]c1=S. The largest absolute Gasteiger partial charge is 0.353 e. The molecule has 1 fully saturated rings. The van der Waals surface area contributed by atoms with E-state index in [1.54, 1.807) is 0 Å². The van der Waals surface area contributed by atoms with Gasteiger partial charge < -0.3 is 9.88 Å². The van der Waals surface area contributed by atoms with E-state index in [1.165, 1.54) is 0 Å². The third-order valence-corrected chi connectivity index (χ3v) is 2.99. The number of aromatic nitrogens is 1. The maximum Gasteiger partial charge on any atom is 0.210 e. The minimum absolute atomic E-state index is 0.178. The van der Waals surface area contributed by atoms with Crippen molar-refractivity contribution in [2.45, 2.75) is 18.9 Å². The second-order valence-corrected chi connectivity index (χ2v) is 3.86. The number of pyridine rings is 1. The molecule has 1 atom stereocenters. The zero-order valence-corrected chi connectivity index (χ0v) is 8.59. The summed E-state index contributed by atoms with van der Waals surface area (Å²) in [6, 6.07) is 4.09. The second kappa shape index (κ2) is 3.92. The summed E-state index contributed by atoms with van der Waals surface area (Å²) < 4.78 is 0.742. The topological polar surface area (TPSA) is 36.1 Å². The Labute approximate surface area is 87.8 Å². The highest BCUT2D eigenvalue weighted by Crippen LogP contribution is 2.30. The molecule has 2 heterocycles. The number of likely N-dealkylation sites (tertiary alicyclic amines) is 1. The van der Waals surface area contributed by atoms with Gasteiger partial charge in [0.25, 0.3) is 0 Å². The third-order valence-electron chi connectivity index (χ3n) is 2.64. The molecule has 1 aromatic rings. The lowest BCUT2D eigenvalue weighted by Crippen LogP contribution is -2.21. The first kappa shape index (κ1) is 9.40. The van der Waals surface area contributed by atoms with Gasteiger partial charge in [-0.1, -0.05) is 18.3 Å². The molecule has 2 rings (SSSR count). The molecule has 0 spiro atoms. The van der Waals surface area contributed by atoms with Crippen LogP contribution < -0.4 is 0 Å². The maximum atomic E-state index is 10.8. The van der Waals surface area contributed by atoms with Gasteiger partial charge in [-0.05, 0) is 18.9 Å². The van der Waals surface area contributed by atoms with Crippen LogP contribution in [0.2, 0.25) is 0 Å². The smallest absolute Gasteiger partial charge is 0.210 e. The van der Waals surface area contributed by atoms with E-state index >= 15 is 0 Å². The number of rotatable bonds is 2. The summed E-state index contributed by atoms with van der Waals surface area (Å²) in [4.78, 5) is 15.6. The van der Waals surface area contributed by atoms with Crippen molar-refractivity contribution < 1.29 is 4.79 Å². The number of carbonyl (C=O) groups is 1. The highest BCUT2D eigenvalue weighted by atomic mass is 32.1. The molecule has 14 heavy (non-hydrogen) atoms. The number of nitrogens with zero attached hydrogens (tertiary/aromatic N) is 1. The number of H-pyrrole nitrogens is 1. The van der Waals surface area contributed by atoms with Gasteiger partial charge in [0, 0.05) is 18.3 Å². The first-order valence-electron chi connectivity index (χ1n) is 4.71. The lowest BCUT2D eigenvalue weighted by atomic mass is 10.1. The highest BCUT2D eigenvalue weighted by Gasteiger charge is 2.25. The van der Waals surface area contributed by atoms with Crippen LogP contribution in [0.15, 0.2) is 18.3 Å². The Morgan fingerprint density at radius 2 is 2.50 bits per heavy atom. The molecule has 4 heteroatoms. The van der Waals surface area contributed by atoms with Gasteiger partial charge in [0.2, 0.25) is 6.41 Å². The van der Waals surface area contributed by atoms with Crippen LogP contribution in [0, 0.1) is 4.64 Å². The minimum atomic E-state index is 0.178. The predicted molar refractivity (Wildman–Crippen MR) is 56.4 cm³/mol. The van der Waals surface area contributed by atoms with E-state index in [1.807, 2.05) is 23.2 Å². The molecule has 0 aliphatic carbocycles. The number of nitrogens with one attached hydrogen (secondary N) is 1. The zero-order chi connectivity index (χ0) is 9.97. The summed E-state index contributed by atoms with van der Waals surface area (Å²) in [5.74, 6) is 0. The summed E-state index contributed by atoms with van der Waals surface area (Å²) in [5, 5.41) is 0. The van der Waals surface area contributed by atoms with E-state index in [2.05, 4.69) is 4.98 Å². The monoisotopic (exact) mass is 208 g/mol. The molecule has 3 nitrogen and oxygen atoms in total. The van der Waals surface area contributed by atoms with Gasteiger partial charge in [0.05, 0.1) is 6.04 Å². The molecule has 1 saturated heterocycles. The van der Waals surface area contributed by atoms with Crippen molar-refractivity contribution in [2.24, 2.45) is 0 Å². The molecule has 0 bridgehead atoms. The van der Waals surface area contributed by atoms with E-state index < -0.39 is 0 Å². The fraction of sp³-hybridized carbons (Fsp3) is 0.400. The van der Waals surface area contributed by atoms with Gasteiger partial charge in [-0.2, -0.15) is 0 Å². The standard InChI is InChI=1S/C10H12N2OS/c13-7-12-6-2-4-9(12)8-3-1-5-11-10(8)14/h1,3,5,7,9H,2,4,6H2,(H,11,14). The van der Waals surface area contributed by atoms with Crippen LogP contribution >= 0.6 is 12.2 Å². The van der Waals surface area contributed by atoms with Gasteiger partial charge in [-0.3, -0.25) is 4.79 Å². The summed E-state index contributed by atoms with van der Waals surface area (Å²) >= 11 is 5.19. The van der Waals surface area contributed by atoms with E-state index in [0.717, 1.165) is 36.0 Å². The van der Waals surface area contributed by atoms with Crippen molar-refractivity contribution in [1.82, 2.24) is 9.88 Å². The Morgan fingerprint density at radius 3 is 3.21 bits per heavy atom. The van der Waals surface area contributed by atoms with Gasteiger partial charge in [-0.15, -0.1) is 0 Å². The van der Waals surface area contributed by atoms with E-state index in [9.17, 15) is 4.79 Å². The Kier molecular flexibility index (Phi) is 2.63. The summed E-state index contributed by atoms with van der Waals surface area (Å²) in [6.45, 7) is 0.845. The van der Waals surface area contributed by atoms with Gasteiger partial charge in [-0.25, -0.2) is 0 Å². The van der Waals surface area contributed by atoms with Crippen molar-refractivity contribution in [2.75, 3.05) is 6.54 Å². The molecule has 1 aliphatic rings. The summed E-state index contributed by atoms with van der Waals surface area (Å²) in [5.41, 5.74) is 1.06. The maximum absolute atomic E-state index is 10.8. The fourth-order valence-electron chi connectivity index (χ4n) is 1.95. The van der Waals surface area contributed by atoms with Crippen LogP contribution in [-0.2, 0) is 4.79 Å². The average molecular weight is 208 g/mol. The van der Waals surface area contributed by atoms with Crippen LogP contribution in [0.1, 0.15) is 24.4 Å². The average Bonchev–Trinajstić information content (AvgIpc) is 2.66. The highest BCUT2D eigenvalue weighted by molar-refractivity contribution is 7.71. The third kappa shape index (κ3) is 1.57. The number of aromatic amines is 1. The number of hydrogen-bond donors (Lipinski definition) is 1. The molecule has 0 aromatic carbocycles. The molecule has 74 valence electrons. The first-order chi connectivity index (χ1) is 6.83. The van der Waals surface area contributed by atoms with Crippen LogP contribution in [0.4, 0.5) is 0 Å². The van der Waals surface area contributed by atoms with Crippen LogP contribution in [-0.4, -0.2) is 22.8 Å². The predicted octanol–water partition coefficient (Wildman–Crippen LogP) is 2.04. The fourth-order valence-corrected chi connectivity index (χ4v) is 2.22. The van der Waals surface area contributed by atoms with Crippen LogP contribution in [0.3, 0.4) is 0 Å². The Balaban J connectivity index is 2.35. The van der Waals surface area contributed by atoms with E-state index in [-0.39, 0.29) is 6.04 Å². The van der Waals surface area contributed by atoms with Crippen LogP contribution in [0.25, 0.3) is 0 Å². The van der Waals surface area contributed by atoms with Gasteiger partial charge >= 0.3 is 0 Å². The Hall–Kier alpha value is -1.16. The van der Waals surface area contributed by atoms with Crippen molar-refractivity contribution in [3.63, 3.8) is 0 Å². The van der Waals surface area contributed by atoms with E-state index in [0.29, 0.717) is 0 Å². The molecular formula is C10H12N2OS. The molecule has 1 N–H and O–H groups in total. The lowest BCUT2D eigenvalue weighted by Gasteiger charge is -2.19. The zero-order valence-electron chi connectivity index (χ0n) is 7.77. The lowest BCUT2D eigenvalue weighted by molar-refractivity contribution is -0.118. The van der Waals surface area contributed by atoms with Crippen molar-refractivity contribution in [3.8, 4) is 0 Å². The molecule has 1 aromatic heterocycles. The van der Waals surface area contributed by atoms with Gasteiger partial charge in [0.1, 0.15) is 4.64 Å². The second-order valence-electron chi connectivity index (χ2n) is 3.46. The number of amides is 1. The molecule has 0 saturated carbocycles. The first-order valence-corrected chi connectivity index (χ1v) is 5.12. The van der Waals surface area contributed by atoms with Crippen LogP contribution in [0.5, 0.6) is 0 Å². The summed E-state index contributed by atoms with van der Waals surface area (Å²) in [7, 11) is 0. The van der Waals surface area contributed by atoms with E-state index in [4.69, 9.17) is 12.2 Å². The van der Waals surface area contributed by atoms with Crippen molar-refractivity contribution in [3.05, 3.63) is 28.5 Å². The Morgan fingerprint density at radius 1 is 1.64 bits per heavy atom. The molecule has 1 amide bonds. The van der Waals surface area contributed by atoms with Crippen molar-refractivity contribution >= 4 is 18.6 Å². The minimum Gasteiger partial charge on any atom is -0.353 e. The molecule has 0 radical (unpaired) electrons. The quantitative estimate of drug-likeness (QED) is 0.596. The molecular weight excluding hydrogens is 196 g/mol. The van der Waals surface area contributed by atoms with Crippen molar-refractivity contribution in [1.29, 1.82) is 0 Å². The summed E-state index contributed by atoms with van der Waals surface area (Å²) in [6.07, 6.45) is 4.80. The van der Waals surface area contributed by atoms with Gasteiger partial charge in [0.15, 0.2) is 0 Å². The molecule has 1 unspecified atom stereocenters.